The largest absolute Gasteiger partial charge is 0.392 e. The van der Waals surface area contributed by atoms with Crippen molar-refractivity contribution in [1.82, 2.24) is 0 Å². The zero-order chi connectivity index (χ0) is 27.7. The summed E-state index contributed by atoms with van der Waals surface area (Å²) >= 11 is 0. The number of rotatable bonds is 4. The topological polar surface area (TPSA) is 120 Å². The van der Waals surface area contributed by atoms with Gasteiger partial charge in [-0.2, -0.15) is 0 Å². The number of hydrogen-bond donors (Lipinski definition) is 5. The maximum absolute atomic E-state index is 12.5. The Morgan fingerprint density at radius 3 is 2.36 bits per heavy atom. The molecule has 5 N–H and O–H groups in total. The monoisotopic (exact) mass is 542 g/mol. The van der Waals surface area contributed by atoms with Gasteiger partial charge in [-0.25, -0.2) is 0 Å². The average molecular weight is 543 g/mol. The van der Waals surface area contributed by atoms with Crippen LogP contribution in [0.4, 0.5) is 0 Å². The third-order valence-corrected chi connectivity index (χ3v) is 11.9. The van der Waals surface area contributed by atoms with Gasteiger partial charge in [-0.1, -0.05) is 49.8 Å². The molecule has 1 heterocycles. The molecule has 6 rings (SSSR count). The Morgan fingerprint density at radius 1 is 0.897 bits per heavy atom. The van der Waals surface area contributed by atoms with Crippen LogP contribution in [0.15, 0.2) is 35.9 Å². The van der Waals surface area contributed by atoms with Crippen molar-refractivity contribution < 1.29 is 35.0 Å². The molecule has 1 aromatic rings. The van der Waals surface area contributed by atoms with Crippen LogP contribution >= 0.6 is 0 Å². The lowest BCUT2D eigenvalue weighted by molar-refractivity contribution is -0.301. The van der Waals surface area contributed by atoms with Crippen molar-refractivity contribution in [3.8, 4) is 0 Å². The Kier molecular flexibility index (Phi) is 7.06. The SMILES string of the molecule is C[C@@H]1O[C@@H](O[C@@H]2C=C3CC[C@@H]4[C@H](CC[C@]5(C)[C@@H](c6ccc(CO)cc6)CC[C@]45O)[C@@]3(C)CC2)[C@H](O)[C@H](O)[C@H]1O. The van der Waals surface area contributed by atoms with E-state index in [1.807, 2.05) is 12.1 Å². The molecule has 7 heteroatoms. The van der Waals surface area contributed by atoms with Crippen LogP contribution < -0.4 is 0 Å². The molecule has 1 aromatic carbocycles. The van der Waals surface area contributed by atoms with Crippen molar-refractivity contribution in [3.05, 3.63) is 47.0 Å². The van der Waals surface area contributed by atoms with E-state index in [4.69, 9.17) is 9.47 Å². The van der Waals surface area contributed by atoms with Gasteiger partial charge in [0, 0.05) is 5.41 Å². The van der Waals surface area contributed by atoms with E-state index in [2.05, 4.69) is 32.1 Å². The molecule has 1 saturated heterocycles. The van der Waals surface area contributed by atoms with Crippen LogP contribution in [0.3, 0.4) is 0 Å². The van der Waals surface area contributed by atoms with Gasteiger partial charge in [0.1, 0.15) is 18.3 Å². The highest BCUT2D eigenvalue weighted by molar-refractivity contribution is 5.33. The highest BCUT2D eigenvalue weighted by Crippen LogP contribution is 2.70. The van der Waals surface area contributed by atoms with Gasteiger partial charge in [0.15, 0.2) is 6.29 Å². The second-order valence-electron chi connectivity index (χ2n) is 13.6. The summed E-state index contributed by atoms with van der Waals surface area (Å²) in [5.41, 5.74) is 2.75. The first-order valence-electron chi connectivity index (χ1n) is 15.0. The zero-order valence-electron chi connectivity index (χ0n) is 23.5. The minimum atomic E-state index is -1.30. The molecule has 0 amide bonds. The van der Waals surface area contributed by atoms with E-state index < -0.39 is 36.3 Å². The van der Waals surface area contributed by atoms with E-state index in [-0.39, 0.29) is 29.5 Å². The Bertz CT molecular complexity index is 1090. The van der Waals surface area contributed by atoms with E-state index in [0.29, 0.717) is 11.8 Å². The lowest BCUT2D eigenvalue weighted by atomic mass is 9.45. The molecule has 5 aliphatic rings. The highest BCUT2D eigenvalue weighted by atomic mass is 16.7. The molecule has 7 nitrogen and oxygen atoms in total. The Morgan fingerprint density at radius 2 is 1.64 bits per heavy atom. The van der Waals surface area contributed by atoms with Crippen LogP contribution in [0.1, 0.15) is 89.2 Å². The molecule has 1 aliphatic heterocycles. The predicted octanol–water partition coefficient (Wildman–Crippen LogP) is 3.55. The van der Waals surface area contributed by atoms with Gasteiger partial charge in [-0.05, 0) is 92.6 Å². The fraction of sp³-hybridized carbons (Fsp3) is 0.750. The first-order valence-corrected chi connectivity index (χ1v) is 15.0. The van der Waals surface area contributed by atoms with Crippen molar-refractivity contribution in [2.24, 2.45) is 22.7 Å². The van der Waals surface area contributed by atoms with Gasteiger partial charge in [0.25, 0.3) is 0 Å². The maximum Gasteiger partial charge on any atom is 0.187 e. The predicted molar refractivity (Wildman–Crippen MR) is 145 cm³/mol. The van der Waals surface area contributed by atoms with Gasteiger partial charge in [-0.3, -0.25) is 0 Å². The van der Waals surface area contributed by atoms with Crippen LogP contribution in [0, 0.1) is 22.7 Å². The Labute approximate surface area is 231 Å². The van der Waals surface area contributed by atoms with Crippen LogP contribution in [0.25, 0.3) is 0 Å². The van der Waals surface area contributed by atoms with E-state index >= 15 is 0 Å². The van der Waals surface area contributed by atoms with Crippen molar-refractivity contribution in [2.75, 3.05) is 0 Å². The minimum Gasteiger partial charge on any atom is -0.392 e. The average Bonchev–Trinajstić information content (AvgIpc) is 3.21. The van der Waals surface area contributed by atoms with Gasteiger partial charge < -0.3 is 35.0 Å². The van der Waals surface area contributed by atoms with E-state index in [9.17, 15) is 25.5 Å². The lowest BCUT2D eigenvalue weighted by Gasteiger charge is -2.62. The summed E-state index contributed by atoms with van der Waals surface area (Å²) in [4.78, 5) is 0. The molecule has 0 unspecified atom stereocenters. The fourth-order valence-corrected chi connectivity index (χ4v) is 9.46. The van der Waals surface area contributed by atoms with E-state index in [0.717, 1.165) is 56.9 Å². The summed E-state index contributed by atoms with van der Waals surface area (Å²) in [5.74, 6) is 1.00. The second-order valence-corrected chi connectivity index (χ2v) is 13.6. The molecule has 0 bridgehead atoms. The standard InChI is InChI=1S/C32H46O7/c1-18-26(34)27(35)28(36)29(38-18)39-22-10-13-30(2)21(16-22)8-9-25-24(30)11-14-31(3)23(12-15-32(25,31)37)20-6-4-19(17-33)5-7-20/h4-7,16,18,22-29,33-37H,8-15,17H2,1-3H3/t18-,22-,23+,24-,25+,26-,27+,28+,29-,30-,31+,32-/m0/s1. The third kappa shape index (κ3) is 4.18. The quantitative estimate of drug-likeness (QED) is 0.369. The molecule has 0 spiro atoms. The number of aliphatic hydroxyl groups is 5. The first-order chi connectivity index (χ1) is 18.5. The summed E-state index contributed by atoms with van der Waals surface area (Å²) < 4.78 is 11.9. The normalized spacial score (nSPS) is 49.5. The molecule has 39 heavy (non-hydrogen) atoms. The maximum atomic E-state index is 12.5. The summed E-state index contributed by atoms with van der Waals surface area (Å²) in [7, 11) is 0. The number of allylic oxidation sites excluding steroid dienone is 1. The van der Waals surface area contributed by atoms with Gasteiger partial charge in [0.2, 0.25) is 0 Å². The lowest BCUT2D eigenvalue weighted by Crippen LogP contribution is -2.60. The Hall–Kier alpha value is -1.32. The fourth-order valence-electron chi connectivity index (χ4n) is 9.46. The summed E-state index contributed by atoms with van der Waals surface area (Å²) in [6, 6.07) is 8.33. The van der Waals surface area contributed by atoms with Gasteiger partial charge in [0.05, 0.1) is 24.4 Å². The molecule has 0 aromatic heterocycles. The number of benzene rings is 1. The molecular weight excluding hydrogens is 496 g/mol. The summed E-state index contributed by atoms with van der Waals surface area (Å²) in [6.07, 6.45) is 4.24. The second kappa shape index (κ2) is 9.90. The minimum absolute atomic E-state index is 0.00966. The van der Waals surface area contributed by atoms with E-state index in [1.165, 1.54) is 11.1 Å². The molecule has 3 saturated carbocycles. The Balaban J connectivity index is 1.20. The third-order valence-electron chi connectivity index (χ3n) is 11.9. The van der Waals surface area contributed by atoms with Crippen molar-refractivity contribution in [3.63, 3.8) is 0 Å². The van der Waals surface area contributed by atoms with Crippen LogP contribution in [0.2, 0.25) is 0 Å². The molecule has 216 valence electrons. The van der Waals surface area contributed by atoms with Crippen LogP contribution in [-0.2, 0) is 16.1 Å². The molecule has 4 aliphatic carbocycles. The van der Waals surface area contributed by atoms with Crippen molar-refractivity contribution in [1.29, 1.82) is 0 Å². The summed E-state index contributed by atoms with van der Waals surface area (Å²) in [5, 5.41) is 52.6. The van der Waals surface area contributed by atoms with Crippen molar-refractivity contribution in [2.45, 2.75) is 127 Å². The molecule has 12 atom stereocenters. The number of fused-ring (bicyclic) bond motifs is 5. The number of hydrogen-bond acceptors (Lipinski definition) is 7. The van der Waals surface area contributed by atoms with Crippen LogP contribution in [-0.4, -0.2) is 67.9 Å². The first kappa shape index (κ1) is 27.8. The highest BCUT2D eigenvalue weighted by Gasteiger charge is 2.66. The number of aliphatic hydroxyl groups excluding tert-OH is 4. The molecular formula is C32H46O7. The smallest absolute Gasteiger partial charge is 0.187 e. The molecule has 4 fully saturated rings. The van der Waals surface area contributed by atoms with Gasteiger partial charge >= 0.3 is 0 Å². The van der Waals surface area contributed by atoms with Crippen molar-refractivity contribution >= 4 is 0 Å². The summed E-state index contributed by atoms with van der Waals surface area (Å²) in [6.45, 7) is 6.43. The zero-order valence-corrected chi connectivity index (χ0v) is 23.5. The molecule has 0 radical (unpaired) electrons. The van der Waals surface area contributed by atoms with Gasteiger partial charge in [-0.15, -0.1) is 0 Å². The van der Waals surface area contributed by atoms with Crippen LogP contribution in [0.5, 0.6) is 0 Å². The van der Waals surface area contributed by atoms with E-state index in [1.54, 1.807) is 6.92 Å². The number of ether oxygens (including phenoxy) is 2.